The zero-order chi connectivity index (χ0) is 29.1. The van der Waals surface area contributed by atoms with E-state index in [1.165, 1.54) is 0 Å². The molecule has 0 spiro atoms. The van der Waals surface area contributed by atoms with Gasteiger partial charge in [-0.3, -0.25) is 28.8 Å². The van der Waals surface area contributed by atoms with Crippen LogP contribution in [-0.2, 0) is 30.4 Å². The molecule has 7 nitrogen and oxygen atoms in total. The normalized spacial score (nSPS) is 19.3. The smallest absolute Gasteiger partial charge is 0.182 e. The van der Waals surface area contributed by atoms with Gasteiger partial charge in [-0.15, -0.1) is 0 Å². The van der Waals surface area contributed by atoms with E-state index in [2.05, 4.69) is 0 Å². The Kier molecular flexibility index (Phi) is 12.4. The van der Waals surface area contributed by atoms with Gasteiger partial charge in [0.1, 0.15) is 17.6 Å². The number of rotatable bonds is 6. The molecule has 2 fully saturated rings. The Morgan fingerprint density at radius 1 is 0.821 bits per heavy atom. The first-order chi connectivity index (χ1) is 18.6. The number of halogens is 1. The molecular weight excluding hydrogens is 520 g/mol. The van der Waals surface area contributed by atoms with E-state index in [1.807, 2.05) is 20.8 Å². The van der Waals surface area contributed by atoms with Gasteiger partial charge in [-0.2, -0.15) is 0 Å². The third kappa shape index (κ3) is 8.52. The second kappa shape index (κ2) is 15.2. The predicted molar refractivity (Wildman–Crippen MR) is 148 cm³/mol. The monoisotopic (exact) mass is 554 g/mol. The molecule has 0 radical (unpaired) electrons. The molecule has 2 aromatic rings. The second-order valence-corrected chi connectivity index (χ2v) is 9.84. The molecule has 0 atom stereocenters. The molecule has 2 aromatic carbocycles. The first-order valence-corrected chi connectivity index (χ1v) is 13.5. The molecule has 0 aliphatic heterocycles. The largest absolute Gasteiger partial charge is 0.497 e. The van der Waals surface area contributed by atoms with E-state index in [1.54, 1.807) is 55.6 Å². The number of Topliss-reactive ketones (excluding diaryl/α,β-unsaturated/α-hetero) is 6. The fourth-order valence-corrected chi connectivity index (χ4v) is 4.82. The minimum atomic E-state index is -1.15. The van der Waals surface area contributed by atoms with Crippen molar-refractivity contribution in [1.29, 1.82) is 0 Å². The Bertz CT molecular complexity index is 1180. The van der Waals surface area contributed by atoms with Crippen molar-refractivity contribution in [3.8, 4) is 5.75 Å². The summed E-state index contributed by atoms with van der Waals surface area (Å²) in [6, 6.07) is 13.5. The number of benzene rings is 2. The Hall–Kier alpha value is -3.45. The van der Waals surface area contributed by atoms with Gasteiger partial charge in [0.15, 0.2) is 34.7 Å². The zero-order valence-corrected chi connectivity index (χ0v) is 23.6. The predicted octanol–water partition coefficient (Wildman–Crippen LogP) is 5.48. The highest BCUT2D eigenvalue weighted by Crippen LogP contribution is 2.28. The molecule has 0 unspecified atom stereocenters. The second-order valence-electron chi connectivity index (χ2n) is 9.43. The summed E-state index contributed by atoms with van der Waals surface area (Å²) in [5.74, 6) is -3.24. The molecule has 4 rings (SSSR count). The molecule has 0 amide bonds. The van der Waals surface area contributed by atoms with Gasteiger partial charge in [-0.05, 0) is 42.2 Å². The molecule has 0 heterocycles. The van der Waals surface area contributed by atoms with Crippen LogP contribution in [0.5, 0.6) is 5.75 Å². The van der Waals surface area contributed by atoms with Crippen molar-refractivity contribution in [3.05, 3.63) is 64.7 Å². The van der Waals surface area contributed by atoms with Gasteiger partial charge in [0.2, 0.25) is 0 Å². The average Bonchev–Trinajstić information content (AvgIpc) is 2.90. The van der Waals surface area contributed by atoms with Gasteiger partial charge >= 0.3 is 0 Å². The lowest BCUT2D eigenvalue weighted by Crippen LogP contribution is -2.38. The Morgan fingerprint density at radius 2 is 1.36 bits per heavy atom. The van der Waals surface area contributed by atoms with E-state index in [-0.39, 0.29) is 64.7 Å². The van der Waals surface area contributed by atoms with E-state index in [9.17, 15) is 28.8 Å². The van der Waals surface area contributed by atoms with E-state index < -0.39 is 17.6 Å². The third-order valence-corrected chi connectivity index (χ3v) is 6.82. The molecule has 2 aliphatic rings. The summed E-state index contributed by atoms with van der Waals surface area (Å²) >= 11 is 5.92. The fraction of sp³-hybridized carbons (Fsp3) is 0.419. The maximum absolute atomic E-state index is 12.2. The fourth-order valence-electron chi connectivity index (χ4n) is 4.59. The lowest BCUT2D eigenvalue weighted by atomic mass is 9.77. The third-order valence-electron chi connectivity index (χ3n) is 6.49. The van der Waals surface area contributed by atoms with Crippen LogP contribution in [0.1, 0.15) is 68.8 Å². The van der Waals surface area contributed by atoms with E-state index in [4.69, 9.17) is 16.3 Å². The summed E-state index contributed by atoms with van der Waals surface area (Å²) < 4.78 is 5.03. The van der Waals surface area contributed by atoms with Crippen molar-refractivity contribution in [2.75, 3.05) is 7.11 Å². The number of hydrogen-bond donors (Lipinski definition) is 0. The van der Waals surface area contributed by atoms with Gasteiger partial charge in [-0.25, -0.2) is 0 Å². The molecule has 2 saturated carbocycles. The first-order valence-electron chi connectivity index (χ1n) is 13.2. The topological polar surface area (TPSA) is 112 Å². The number of ketones is 6. The van der Waals surface area contributed by atoms with Crippen molar-refractivity contribution in [2.45, 2.75) is 59.3 Å². The van der Waals surface area contributed by atoms with Crippen molar-refractivity contribution in [2.24, 2.45) is 17.8 Å². The average molecular weight is 555 g/mol. The number of methoxy groups -OCH3 is 1. The molecular formula is C31H35ClO7. The number of hydrogen-bond acceptors (Lipinski definition) is 7. The minimum Gasteiger partial charge on any atom is -0.497 e. The van der Waals surface area contributed by atoms with E-state index >= 15 is 0 Å². The van der Waals surface area contributed by atoms with Crippen LogP contribution in [0.15, 0.2) is 48.5 Å². The van der Waals surface area contributed by atoms with Crippen LogP contribution in [0.4, 0.5) is 0 Å². The van der Waals surface area contributed by atoms with Crippen LogP contribution in [0.3, 0.4) is 0 Å². The number of ether oxygens (including phenoxy) is 1. The summed E-state index contributed by atoms with van der Waals surface area (Å²) in [6.07, 6.45) is 1.94. The van der Waals surface area contributed by atoms with Crippen LogP contribution < -0.4 is 4.74 Å². The lowest BCUT2D eigenvalue weighted by Gasteiger charge is -2.23. The van der Waals surface area contributed by atoms with Crippen molar-refractivity contribution in [3.63, 3.8) is 0 Å². The van der Waals surface area contributed by atoms with Crippen LogP contribution >= 0.6 is 11.6 Å². The van der Waals surface area contributed by atoms with Crippen LogP contribution in [0, 0.1) is 17.8 Å². The highest BCUT2D eigenvalue weighted by molar-refractivity contribution is 6.36. The summed E-state index contributed by atoms with van der Waals surface area (Å²) in [6.45, 7) is 5.84. The molecule has 8 heteroatoms. The molecule has 0 bridgehead atoms. The highest BCUT2D eigenvalue weighted by Gasteiger charge is 2.39. The number of carbonyl (C=O) groups is 6. The summed E-state index contributed by atoms with van der Waals surface area (Å²) in [5, 5.41) is 0.279. The van der Waals surface area contributed by atoms with Gasteiger partial charge in [0.05, 0.1) is 12.1 Å². The number of carbonyl (C=O) groups excluding carboxylic acids is 6. The van der Waals surface area contributed by atoms with Crippen LogP contribution in [0.2, 0.25) is 5.02 Å². The Labute approximate surface area is 234 Å². The van der Waals surface area contributed by atoms with E-state index in [0.29, 0.717) is 25.0 Å². The highest BCUT2D eigenvalue weighted by atomic mass is 35.5. The summed E-state index contributed by atoms with van der Waals surface area (Å²) in [7, 11) is 1.57. The molecule has 39 heavy (non-hydrogen) atoms. The molecule has 0 N–H and O–H groups in total. The Morgan fingerprint density at radius 3 is 1.87 bits per heavy atom. The minimum absolute atomic E-state index is 0.0281. The maximum Gasteiger partial charge on any atom is 0.182 e. The van der Waals surface area contributed by atoms with Gasteiger partial charge < -0.3 is 4.74 Å². The van der Waals surface area contributed by atoms with E-state index in [0.717, 1.165) is 5.56 Å². The standard InChI is InChI=1S/C15H16O4.C14H13ClO3.C2H6/c1-19-11-7-5-10(6-8-11)9-14(18)15-12(16)3-2-4-13(15)17;1-8-6-11(16)13(12(17)7-8)14(18)9-4-2-3-5-10(9)15;1-2/h5-8,15H,2-4,9H2,1H3;2-5,8,13H,6-7H2,1H3;1-2H3. The van der Waals surface area contributed by atoms with Crippen molar-refractivity contribution < 1.29 is 33.5 Å². The Balaban J connectivity index is 0.000000258. The quantitative estimate of drug-likeness (QED) is 0.343. The van der Waals surface area contributed by atoms with Crippen LogP contribution in [0.25, 0.3) is 0 Å². The zero-order valence-electron chi connectivity index (χ0n) is 22.8. The molecule has 0 saturated heterocycles. The van der Waals surface area contributed by atoms with Crippen molar-refractivity contribution in [1.82, 2.24) is 0 Å². The molecule has 2 aliphatic carbocycles. The van der Waals surface area contributed by atoms with Crippen LogP contribution in [-0.4, -0.2) is 41.8 Å². The SMILES string of the molecule is CC.CC1CC(=O)C(C(=O)c2ccccc2Cl)C(=O)C1.COc1ccc(CC(=O)C2C(=O)CCCC2=O)cc1. The van der Waals surface area contributed by atoms with Gasteiger partial charge in [0, 0.05) is 37.7 Å². The maximum atomic E-state index is 12.2. The van der Waals surface area contributed by atoms with Gasteiger partial charge in [0.25, 0.3) is 0 Å². The first kappa shape index (κ1) is 31.8. The van der Waals surface area contributed by atoms with Gasteiger partial charge in [-0.1, -0.05) is 56.6 Å². The molecule has 0 aromatic heterocycles. The summed E-state index contributed by atoms with van der Waals surface area (Å²) in [5.41, 5.74) is 1.04. The summed E-state index contributed by atoms with van der Waals surface area (Å²) in [4.78, 5) is 71.4. The van der Waals surface area contributed by atoms with Crippen molar-refractivity contribution >= 4 is 46.3 Å². The lowest BCUT2D eigenvalue weighted by molar-refractivity contribution is -0.142. The molecule has 208 valence electrons.